The van der Waals surface area contributed by atoms with E-state index in [0.717, 1.165) is 22.5 Å². The highest BCUT2D eigenvalue weighted by Crippen LogP contribution is 2.30. The summed E-state index contributed by atoms with van der Waals surface area (Å²) < 4.78 is 19.7. The number of aliphatic hydroxyl groups is 1. The monoisotopic (exact) mass is 380 g/mol. The molecule has 0 bridgehead atoms. The van der Waals surface area contributed by atoms with Crippen LogP contribution in [0.1, 0.15) is 11.3 Å². The van der Waals surface area contributed by atoms with Gasteiger partial charge in [0.2, 0.25) is 0 Å². The molecule has 0 aliphatic carbocycles. The molecular weight excluding hydrogens is 359 g/mol. The Morgan fingerprint density at radius 1 is 1.14 bits per heavy atom. The maximum absolute atomic E-state index is 14.7. The number of aromatic nitrogens is 1. The fourth-order valence-electron chi connectivity index (χ4n) is 3.38. The van der Waals surface area contributed by atoms with Gasteiger partial charge >= 0.3 is 6.09 Å². The molecule has 6 heteroatoms. The summed E-state index contributed by atoms with van der Waals surface area (Å²) in [7, 11) is 0. The topological polar surface area (TPSA) is 65.6 Å². The van der Waals surface area contributed by atoms with Crippen molar-refractivity contribution in [3.8, 4) is 22.4 Å². The molecule has 144 valence electrons. The number of nitrogens with one attached hydrogen (secondary N) is 1. The van der Waals surface area contributed by atoms with Gasteiger partial charge in [-0.2, -0.15) is 0 Å². The largest absolute Gasteiger partial charge is 0.441 e. The van der Waals surface area contributed by atoms with Crippen molar-refractivity contribution in [1.82, 2.24) is 4.98 Å². The molecule has 2 aromatic carbocycles. The van der Waals surface area contributed by atoms with E-state index in [2.05, 4.69) is 18.0 Å². The van der Waals surface area contributed by atoms with Crippen LogP contribution >= 0.6 is 0 Å². The summed E-state index contributed by atoms with van der Waals surface area (Å²) in [5.74, 6) is -0.419. The molecule has 1 aliphatic rings. The molecule has 0 spiro atoms. The summed E-state index contributed by atoms with van der Waals surface area (Å²) in [6, 6.07) is 14.4. The molecule has 0 radical (unpaired) electrons. The average molecular weight is 380 g/mol. The number of amides is 1. The number of carbonyl (C=O) groups excluding carboxylic acids is 1. The number of hydrogen-bond donors (Lipinski definition) is 2. The Morgan fingerprint density at radius 2 is 1.86 bits per heavy atom. The van der Waals surface area contributed by atoms with E-state index in [1.165, 1.54) is 16.5 Å². The fraction of sp³-hybridized carbons (Fsp3) is 0.227. The zero-order chi connectivity index (χ0) is 19.8. The van der Waals surface area contributed by atoms with Crippen LogP contribution in [0.4, 0.5) is 14.9 Å². The maximum Gasteiger partial charge on any atom is 0.414 e. The van der Waals surface area contributed by atoms with Crippen molar-refractivity contribution in [1.29, 1.82) is 0 Å². The van der Waals surface area contributed by atoms with Crippen LogP contribution in [-0.2, 0) is 4.74 Å². The van der Waals surface area contributed by atoms with Gasteiger partial charge in [-0.05, 0) is 54.8 Å². The molecule has 1 atom stereocenters. The first kappa shape index (κ1) is 18.3. The summed E-state index contributed by atoms with van der Waals surface area (Å²) in [5, 5.41) is 9.14. The fourth-order valence-corrected chi connectivity index (χ4v) is 3.38. The van der Waals surface area contributed by atoms with Crippen LogP contribution in [0.15, 0.2) is 48.5 Å². The third-order valence-electron chi connectivity index (χ3n) is 5.12. The van der Waals surface area contributed by atoms with Gasteiger partial charge in [-0.3, -0.25) is 4.90 Å². The Kier molecular flexibility index (Phi) is 4.65. The Labute approximate surface area is 162 Å². The Balaban J connectivity index is 1.59. The predicted octanol–water partition coefficient (Wildman–Crippen LogP) is 4.42. The van der Waals surface area contributed by atoms with Crippen molar-refractivity contribution in [2.24, 2.45) is 0 Å². The quantitative estimate of drug-likeness (QED) is 0.704. The summed E-state index contributed by atoms with van der Waals surface area (Å²) in [4.78, 5) is 16.5. The minimum Gasteiger partial charge on any atom is -0.441 e. The van der Waals surface area contributed by atoms with E-state index in [1.54, 1.807) is 12.1 Å². The van der Waals surface area contributed by atoms with Gasteiger partial charge in [0, 0.05) is 17.0 Å². The van der Waals surface area contributed by atoms with Crippen molar-refractivity contribution in [2.75, 3.05) is 18.1 Å². The number of carbonyl (C=O) groups is 1. The second-order valence-electron chi connectivity index (χ2n) is 7.03. The van der Waals surface area contributed by atoms with Gasteiger partial charge < -0.3 is 14.8 Å². The van der Waals surface area contributed by atoms with E-state index in [1.807, 2.05) is 31.2 Å². The molecule has 3 aromatic rings. The van der Waals surface area contributed by atoms with Gasteiger partial charge in [0.25, 0.3) is 0 Å². The molecular formula is C22H21FN2O3. The molecule has 2 heterocycles. The van der Waals surface area contributed by atoms with Gasteiger partial charge in [0.1, 0.15) is 11.9 Å². The minimum absolute atomic E-state index is 0.206. The molecule has 1 amide bonds. The zero-order valence-corrected chi connectivity index (χ0v) is 15.7. The number of rotatable bonds is 4. The predicted molar refractivity (Wildman–Crippen MR) is 106 cm³/mol. The van der Waals surface area contributed by atoms with E-state index in [0.29, 0.717) is 11.3 Å². The Morgan fingerprint density at radius 3 is 2.43 bits per heavy atom. The summed E-state index contributed by atoms with van der Waals surface area (Å²) in [6.45, 7) is 4.04. The first-order valence-corrected chi connectivity index (χ1v) is 9.12. The lowest BCUT2D eigenvalue weighted by Crippen LogP contribution is -2.25. The number of aliphatic hydroxyl groups excluding tert-OH is 1. The highest BCUT2D eigenvalue weighted by atomic mass is 19.1. The third kappa shape index (κ3) is 3.27. The van der Waals surface area contributed by atoms with Crippen LogP contribution < -0.4 is 4.90 Å². The van der Waals surface area contributed by atoms with Crippen molar-refractivity contribution in [3.05, 3.63) is 65.6 Å². The lowest BCUT2D eigenvalue weighted by atomic mass is 10.0. The van der Waals surface area contributed by atoms with Crippen molar-refractivity contribution < 1.29 is 19.0 Å². The van der Waals surface area contributed by atoms with Gasteiger partial charge in [-0.1, -0.05) is 24.3 Å². The van der Waals surface area contributed by atoms with E-state index >= 15 is 0 Å². The van der Waals surface area contributed by atoms with Crippen LogP contribution in [0, 0.1) is 19.7 Å². The number of cyclic esters (lactones) is 1. The number of aromatic amines is 1. The lowest BCUT2D eigenvalue weighted by molar-refractivity contribution is 0.0963. The first-order valence-electron chi connectivity index (χ1n) is 9.12. The second-order valence-corrected chi connectivity index (χ2v) is 7.03. The number of aryl methyl sites for hydroxylation is 2. The number of nitrogens with zero attached hydrogens (tertiary/aromatic N) is 1. The highest BCUT2D eigenvalue weighted by Gasteiger charge is 2.32. The first-order chi connectivity index (χ1) is 13.5. The third-order valence-corrected chi connectivity index (χ3v) is 5.12. The second kappa shape index (κ2) is 7.13. The SMILES string of the molecule is Cc1cc(-c2ccc(-c3ccc(N4C[C@H](CO)OC4=O)cc3F)cc2)[nH]c1C. The number of benzene rings is 2. The molecule has 2 N–H and O–H groups in total. The standard InChI is InChI=1S/C22H21FN2O3/c1-13-9-21(24-14(13)2)16-5-3-15(4-6-16)19-8-7-17(10-20(19)23)25-11-18(12-26)28-22(25)27/h3-10,18,24,26H,11-12H2,1-2H3/t18-/m1/s1. The van der Waals surface area contributed by atoms with Crippen LogP contribution in [0.5, 0.6) is 0 Å². The molecule has 5 nitrogen and oxygen atoms in total. The average Bonchev–Trinajstić information content (AvgIpc) is 3.24. The van der Waals surface area contributed by atoms with Gasteiger partial charge in [0.15, 0.2) is 0 Å². The van der Waals surface area contributed by atoms with E-state index in [9.17, 15) is 9.18 Å². The number of ether oxygens (including phenoxy) is 1. The van der Waals surface area contributed by atoms with Crippen LogP contribution in [0.25, 0.3) is 22.4 Å². The van der Waals surface area contributed by atoms with Crippen molar-refractivity contribution >= 4 is 11.8 Å². The lowest BCUT2D eigenvalue weighted by Gasteiger charge is -2.14. The molecule has 1 aliphatic heterocycles. The molecule has 1 aromatic heterocycles. The van der Waals surface area contributed by atoms with Gasteiger partial charge in [0.05, 0.1) is 18.8 Å². The Bertz CT molecular complexity index is 1010. The minimum atomic E-state index is -0.581. The molecule has 1 fully saturated rings. The van der Waals surface area contributed by atoms with Crippen LogP contribution in [0.2, 0.25) is 0 Å². The highest BCUT2D eigenvalue weighted by molar-refractivity contribution is 5.90. The van der Waals surface area contributed by atoms with E-state index in [4.69, 9.17) is 9.84 Å². The molecule has 0 unspecified atom stereocenters. The van der Waals surface area contributed by atoms with Crippen molar-refractivity contribution in [3.63, 3.8) is 0 Å². The number of H-pyrrole nitrogens is 1. The summed E-state index contributed by atoms with van der Waals surface area (Å²) >= 11 is 0. The number of anilines is 1. The van der Waals surface area contributed by atoms with Crippen molar-refractivity contribution in [2.45, 2.75) is 20.0 Å². The van der Waals surface area contributed by atoms with Crippen LogP contribution in [0.3, 0.4) is 0 Å². The maximum atomic E-state index is 14.7. The Hall–Kier alpha value is -3.12. The normalized spacial score (nSPS) is 16.5. The molecule has 28 heavy (non-hydrogen) atoms. The molecule has 4 rings (SSSR count). The summed E-state index contributed by atoms with van der Waals surface area (Å²) in [6.07, 6.45) is -1.16. The zero-order valence-electron chi connectivity index (χ0n) is 15.7. The smallest absolute Gasteiger partial charge is 0.414 e. The summed E-state index contributed by atoms with van der Waals surface area (Å²) in [5.41, 5.74) is 6.02. The van der Waals surface area contributed by atoms with E-state index in [-0.39, 0.29) is 13.2 Å². The van der Waals surface area contributed by atoms with Crippen LogP contribution in [-0.4, -0.2) is 35.4 Å². The molecule has 0 saturated carbocycles. The van der Waals surface area contributed by atoms with Gasteiger partial charge in [-0.25, -0.2) is 9.18 Å². The molecule has 1 saturated heterocycles. The van der Waals surface area contributed by atoms with E-state index < -0.39 is 18.0 Å². The number of hydrogen-bond acceptors (Lipinski definition) is 3. The van der Waals surface area contributed by atoms with Gasteiger partial charge in [-0.15, -0.1) is 0 Å². The number of halogens is 1.